The first-order valence-corrected chi connectivity index (χ1v) is 15.4. The van der Waals surface area contributed by atoms with Crippen LogP contribution in [0.3, 0.4) is 0 Å². The Hall–Kier alpha value is -4.68. The standard InChI is InChI=1S/C32H46N8O5/c1-6-22(38-31(33)34)25-29(44)36-23(7-2)28(43)37-24(17-20-13-10-12-19-11-8-9-14-21(19)20)27(42)35-16-15-32(5,30(45)39-25)40-26(41)18(3)4/h8-14,18,22-25H,6-7,15-17H2,1-5H3,(H,35,42)(H,36,44)(H,37,43)(H,39,45)(H,40,41)(H4,33,34,38)/t22?,23-,24+,25-,32+/m0/s1. The summed E-state index contributed by atoms with van der Waals surface area (Å²) in [6.45, 7) is 8.35. The van der Waals surface area contributed by atoms with E-state index in [2.05, 4.69) is 31.9 Å². The van der Waals surface area contributed by atoms with Crippen molar-refractivity contribution in [3.63, 3.8) is 0 Å². The smallest absolute Gasteiger partial charge is 0.246 e. The summed E-state index contributed by atoms with van der Waals surface area (Å²) < 4.78 is 0. The normalized spacial score (nSPS) is 24.0. The summed E-state index contributed by atoms with van der Waals surface area (Å²) in [6, 6.07) is 9.38. The first-order valence-electron chi connectivity index (χ1n) is 15.4. The van der Waals surface area contributed by atoms with Crippen LogP contribution in [0, 0.1) is 11.3 Å². The molecule has 0 spiro atoms. The molecular formula is C32H46N8O5. The second kappa shape index (κ2) is 15.4. The molecule has 0 bridgehead atoms. The largest absolute Gasteiger partial charge is 0.370 e. The number of hydrogen-bond acceptors (Lipinski definition) is 6. The van der Waals surface area contributed by atoms with E-state index in [1.54, 1.807) is 27.7 Å². The average molecular weight is 623 g/mol. The summed E-state index contributed by atoms with van der Waals surface area (Å²) in [5.74, 6) is -3.61. The van der Waals surface area contributed by atoms with Gasteiger partial charge in [-0.15, -0.1) is 0 Å². The average Bonchev–Trinajstić information content (AvgIpc) is 3.00. The molecule has 45 heavy (non-hydrogen) atoms. The van der Waals surface area contributed by atoms with Gasteiger partial charge in [0, 0.05) is 18.9 Å². The number of rotatable bonds is 8. The van der Waals surface area contributed by atoms with Crippen molar-refractivity contribution < 1.29 is 24.0 Å². The summed E-state index contributed by atoms with van der Waals surface area (Å²) in [5.41, 5.74) is 4.91. The van der Waals surface area contributed by atoms with Gasteiger partial charge in [0.2, 0.25) is 29.5 Å². The van der Waals surface area contributed by atoms with E-state index < -0.39 is 65.2 Å². The van der Waals surface area contributed by atoms with Gasteiger partial charge in [0.25, 0.3) is 0 Å². The van der Waals surface area contributed by atoms with Crippen LogP contribution in [0.15, 0.2) is 42.5 Å². The highest BCUT2D eigenvalue weighted by Gasteiger charge is 2.40. The molecule has 5 atom stereocenters. The molecule has 1 unspecified atom stereocenters. The summed E-state index contributed by atoms with van der Waals surface area (Å²) in [4.78, 5) is 67.5. The first kappa shape index (κ1) is 34.8. The first-order chi connectivity index (χ1) is 21.3. The minimum atomic E-state index is -1.52. The lowest BCUT2D eigenvalue weighted by molar-refractivity contribution is -0.138. The van der Waals surface area contributed by atoms with E-state index in [1.165, 1.54) is 6.92 Å². The van der Waals surface area contributed by atoms with Crippen LogP contribution >= 0.6 is 0 Å². The number of guanidine groups is 1. The van der Waals surface area contributed by atoms with Crippen molar-refractivity contribution in [2.75, 3.05) is 6.54 Å². The number of benzene rings is 2. The molecule has 13 heteroatoms. The number of nitrogens with one attached hydrogen (secondary N) is 7. The summed E-state index contributed by atoms with van der Waals surface area (Å²) in [7, 11) is 0. The van der Waals surface area contributed by atoms with Crippen molar-refractivity contribution in [2.45, 2.75) is 90.0 Å². The molecule has 0 aromatic heterocycles. The zero-order valence-corrected chi connectivity index (χ0v) is 26.6. The van der Waals surface area contributed by atoms with Crippen molar-refractivity contribution in [1.29, 1.82) is 5.41 Å². The number of nitrogens with two attached hydrogens (primary N) is 1. The maximum Gasteiger partial charge on any atom is 0.246 e. The van der Waals surface area contributed by atoms with Gasteiger partial charge >= 0.3 is 0 Å². The van der Waals surface area contributed by atoms with Crippen LogP contribution in [0.1, 0.15) is 59.4 Å². The minimum Gasteiger partial charge on any atom is -0.370 e. The summed E-state index contributed by atoms with van der Waals surface area (Å²) >= 11 is 0. The molecule has 2 aromatic carbocycles. The van der Waals surface area contributed by atoms with Gasteiger partial charge in [-0.2, -0.15) is 0 Å². The van der Waals surface area contributed by atoms with Gasteiger partial charge in [-0.25, -0.2) is 0 Å². The maximum atomic E-state index is 13.8. The van der Waals surface area contributed by atoms with Crippen LogP contribution in [-0.2, 0) is 30.4 Å². The highest BCUT2D eigenvalue weighted by molar-refractivity contribution is 5.98. The third kappa shape index (κ3) is 8.93. The van der Waals surface area contributed by atoms with Crippen LogP contribution in [-0.4, -0.2) is 71.7 Å². The number of fused-ring (bicyclic) bond motifs is 1. The van der Waals surface area contributed by atoms with Crippen LogP contribution in [0.5, 0.6) is 0 Å². The van der Waals surface area contributed by atoms with Gasteiger partial charge in [0.15, 0.2) is 5.96 Å². The van der Waals surface area contributed by atoms with Crippen LogP contribution in [0.4, 0.5) is 0 Å². The Morgan fingerprint density at radius 3 is 2.29 bits per heavy atom. The minimum absolute atomic E-state index is 0.0131. The molecule has 9 N–H and O–H groups in total. The van der Waals surface area contributed by atoms with Crippen molar-refractivity contribution in [3.8, 4) is 0 Å². The SMILES string of the molecule is CCC(NC(=N)N)[C@@H]1NC(=O)[C@](C)(NC(=O)C(C)C)CCNC(=O)[C@@H](Cc2cccc3ccccc23)NC(=O)[C@H](CC)NC1=O. The quantitative estimate of drug-likeness (QED) is 0.155. The topological polar surface area (TPSA) is 207 Å². The number of carbonyl (C=O) groups excluding carboxylic acids is 5. The lowest BCUT2D eigenvalue weighted by atomic mass is 9.93. The molecule has 13 nitrogen and oxygen atoms in total. The molecule has 2 aromatic rings. The predicted octanol–water partition coefficient (Wildman–Crippen LogP) is 0.559. The lowest BCUT2D eigenvalue weighted by Crippen LogP contribution is -2.67. The van der Waals surface area contributed by atoms with E-state index >= 15 is 0 Å². The van der Waals surface area contributed by atoms with E-state index in [0.29, 0.717) is 6.42 Å². The second-order valence-electron chi connectivity index (χ2n) is 11.9. The fourth-order valence-electron chi connectivity index (χ4n) is 5.26. The zero-order valence-electron chi connectivity index (χ0n) is 26.6. The van der Waals surface area contributed by atoms with Gasteiger partial charge in [-0.3, -0.25) is 29.4 Å². The Labute approximate surface area is 263 Å². The molecule has 0 radical (unpaired) electrons. The van der Waals surface area contributed by atoms with Crippen molar-refractivity contribution in [3.05, 3.63) is 48.0 Å². The zero-order chi connectivity index (χ0) is 33.3. The summed E-state index contributed by atoms with van der Waals surface area (Å²) in [6.07, 6.45) is 0.647. The van der Waals surface area contributed by atoms with Gasteiger partial charge < -0.3 is 37.6 Å². The number of hydrogen-bond donors (Lipinski definition) is 8. The molecular weight excluding hydrogens is 576 g/mol. The molecule has 1 aliphatic heterocycles. The van der Waals surface area contributed by atoms with Crippen molar-refractivity contribution >= 4 is 46.3 Å². The van der Waals surface area contributed by atoms with E-state index in [0.717, 1.165) is 16.3 Å². The molecule has 0 aliphatic carbocycles. The predicted molar refractivity (Wildman–Crippen MR) is 172 cm³/mol. The lowest BCUT2D eigenvalue weighted by Gasteiger charge is -2.35. The van der Waals surface area contributed by atoms with E-state index in [-0.39, 0.29) is 31.7 Å². The summed E-state index contributed by atoms with van der Waals surface area (Å²) in [5, 5.41) is 26.2. The van der Waals surface area contributed by atoms with E-state index in [9.17, 15) is 24.0 Å². The molecule has 3 rings (SSSR count). The number of carbonyl (C=O) groups is 5. The molecule has 1 fully saturated rings. The van der Waals surface area contributed by atoms with Crippen molar-refractivity contribution in [1.82, 2.24) is 31.9 Å². The van der Waals surface area contributed by atoms with E-state index in [1.807, 2.05) is 42.5 Å². The third-order valence-corrected chi connectivity index (χ3v) is 8.08. The van der Waals surface area contributed by atoms with Gasteiger partial charge in [0.05, 0.1) is 6.04 Å². The fourth-order valence-corrected chi connectivity index (χ4v) is 5.26. The Morgan fingerprint density at radius 1 is 0.978 bits per heavy atom. The Bertz CT molecular complexity index is 1420. The van der Waals surface area contributed by atoms with E-state index in [4.69, 9.17) is 11.1 Å². The Morgan fingerprint density at radius 2 is 1.64 bits per heavy atom. The highest BCUT2D eigenvalue weighted by atomic mass is 16.2. The van der Waals surface area contributed by atoms with Crippen LogP contribution in [0.2, 0.25) is 0 Å². The van der Waals surface area contributed by atoms with Crippen LogP contribution < -0.4 is 37.6 Å². The Balaban J connectivity index is 2.04. The third-order valence-electron chi connectivity index (χ3n) is 8.08. The van der Waals surface area contributed by atoms with Gasteiger partial charge in [-0.1, -0.05) is 70.2 Å². The second-order valence-corrected chi connectivity index (χ2v) is 11.9. The van der Waals surface area contributed by atoms with Gasteiger partial charge in [0.1, 0.15) is 23.7 Å². The molecule has 1 saturated heterocycles. The number of amides is 5. The Kier molecular flexibility index (Phi) is 11.9. The fraction of sp³-hybridized carbons (Fsp3) is 0.500. The maximum absolute atomic E-state index is 13.8. The van der Waals surface area contributed by atoms with Gasteiger partial charge in [-0.05, 0) is 42.5 Å². The molecule has 1 heterocycles. The van der Waals surface area contributed by atoms with Crippen LogP contribution in [0.25, 0.3) is 10.8 Å². The molecule has 5 amide bonds. The highest BCUT2D eigenvalue weighted by Crippen LogP contribution is 2.20. The monoisotopic (exact) mass is 622 g/mol. The molecule has 1 aliphatic rings. The molecule has 0 saturated carbocycles. The molecule has 244 valence electrons. The van der Waals surface area contributed by atoms with Crippen molar-refractivity contribution in [2.24, 2.45) is 11.7 Å².